The van der Waals surface area contributed by atoms with Crippen LogP contribution in [0, 0.1) is 62.7 Å². The summed E-state index contributed by atoms with van der Waals surface area (Å²) >= 11 is 0. The van der Waals surface area contributed by atoms with Gasteiger partial charge in [-0.2, -0.15) is 0 Å². The Morgan fingerprint density at radius 3 is 2.21 bits per heavy atom. The largest absolute Gasteiger partial charge is 0.328 e. The summed E-state index contributed by atoms with van der Waals surface area (Å²) in [6, 6.07) is 0. The average molecular weight is 556 g/mol. The summed E-state index contributed by atoms with van der Waals surface area (Å²) in [6.45, 7) is 27.5. The lowest BCUT2D eigenvalue weighted by atomic mass is 9.32. The van der Waals surface area contributed by atoms with E-state index in [9.17, 15) is 14.2 Å². The van der Waals surface area contributed by atoms with E-state index in [4.69, 9.17) is 11.1 Å². The van der Waals surface area contributed by atoms with E-state index in [-0.39, 0.29) is 62.2 Å². The molecule has 0 aromatic carbocycles. The first-order valence-corrected chi connectivity index (χ1v) is 17.7. The van der Waals surface area contributed by atoms with E-state index in [0.717, 1.165) is 44.9 Å². The fourth-order valence-corrected chi connectivity index (χ4v) is 11.5. The molecule has 0 bridgehead atoms. The highest BCUT2D eigenvalue weighted by molar-refractivity contribution is 7.57. The molecule has 8 atom stereocenters. The number of allylic oxidation sites excluding steroid dienone is 2. The third-order valence-electron chi connectivity index (χ3n) is 13.3. The second-order valence-corrected chi connectivity index (χ2v) is 19.3. The second-order valence-electron chi connectivity index (χ2n) is 16.5. The predicted octanol–water partition coefficient (Wildman–Crippen LogP) is 8.19. The van der Waals surface area contributed by atoms with Gasteiger partial charge in [-0.05, 0) is 89.8 Å². The zero-order chi connectivity index (χ0) is 29.0. The van der Waals surface area contributed by atoms with Crippen LogP contribution in [0.15, 0.2) is 11.8 Å². The van der Waals surface area contributed by atoms with Gasteiger partial charge >= 0.3 is 0 Å². The lowest BCUT2D eigenvalue weighted by molar-refractivity contribution is -0.225. The molecule has 39 heavy (non-hydrogen) atoms. The zero-order valence-corrected chi connectivity index (χ0v) is 26.7. The van der Waals surface area contributed by atoms with Crippen LogP contribution in [0.4, 0.5) is 0 Å². The highest BCUT2D eigenvalue weighted by Gasteiger charge is 2.72. The lowest BCUT2D eigenvalue weighted by Gasteiger charge is -2.72. The summed E-state index contributed by atoms with van der Waals surface area (Å²) in [5.74, 6) is 0.756. The Labute approximate surface area is 236 Å². The molecule has 0 radical (unpaired) electrons. The normalized spacial score (nSPS) is 46.6. The van der Waals surface area contributed by atoms with Crippen LogP contribution in [0.3, 0.4) is 0 Å². The van der Waals surface area contributed by atoms with Crippen LogP contribution in [0.1, 0.15) is 99.8 Å². The predicted molar refractivity (Wildman–Crippen MR) is 155 cm³/mol. The number of Topliss-reactive ketones (excluding diaryl/α,β-unsaturated/α-hetero) is 2. The fourth-order valence-electron chi connectivity index (χ4n) is 10.9. The van der Waals surface area contributed by atoms with Crippen LogP contribution < -0.4 is 0 Å². The maximum absolute atomic E-state index is 14.6. The van der Waals surface area contributed by atoms with Crippen molar-refractivity contribution in [1.29, 1.82) is 0 Å². The van der Waals surface area contributed by atoms with Gasteiger partial charge in [-0.15, -0.1) is 0 Å². The van der Waals surface area contributed by atoms with Gasteiger partial charge in [-0.1, -0.05) is 54.5 Å². The average Bonchev–Trinajstić information content (AvgIpc) is 2.81. The van der Waals surface area contributed by atoms with Crippen molar-refractivity contribution in [3.63, 3.8) is 0 Å². The summed E-state index contributed by atoms with van der Waals surface area (Å²) in [7, 11) is -2.63. The molecule has 0 unspecified atom stereocenters. The third kappa shape index (κ3) is 4.05. The zero-order valence-electron chi connectivity index (χ0n) is 25.8. The minimum atomic E-state index is -2.63. The summed E-state index contributed by atoms with van der Waals surface area (Å²) < 4.78 is 18.8. The highest BCUT2D eigenvalue weighted by Crippen LogP contribution is 2.76. The minimum Gasteiger partial charge on any atom is -0.328 e. The number of carbonyl (C=O) groups is 2. The van der Waals surface area contributed by atoms with Gasteiger partial charge in [-0.25, -0.2) is 4.85 Å². The van der Waals surface area contributed by atoms with Crippen LogP contribution in [0.5, 0.6) is 0 Å². The number of fused-ring (bicyclic) bond motifs is 7. The van der Waals surface area contributed by atoms with Crippen LogP contribution in [0.2, 0.25) is 0 Å². The van der Waals surface area contributed by atoms with E-state index in [2.05, 4.69) is 39.5 Å². The van der Waals surface area contributed by atoms with Gasteiger partial charge in [0.05, 0.1) is 13.2 Å². The second kappa shape index (κ2) is 8.64. The molecule has 5 aliphatic rings. The van der Waals surface area contributed by atoms with E-state index in [1.807, 2.05) is 19.9 Å². The molecular weight excluding hydrogens is 505 g/mol. The first-order chi connectivity index (χ1) is 17.8. The van der Waals surface area contributed by atoms with Gasteiger partial charge in [0.15, 0.2) is 13.2 Å². The number of nitrogens with zero attached hydrogens (tertiary/aromatic N) is 1. The molecule has 4 saturated carbocycles. The molecule has 0 saturated heterocycles. The molecule has 0 heterocycles. The molecular formula is C33H50NO4P. The van der Waals surface area contributed by atoms with Gasteiger partial charge < -0.3 is 9.32 Å². The lowest BCUT2D eigenvalue weighted by Crippen LogP contribution is -2.68. The minimum absolute atomic E-state index is 0.0357. The van der Waals surface area contributed by atoms with Crippen LogP contribution in [0.25, 0.3) is 4.85 Å². The van der Waals surface area contributed by atoms with Crippen molar-refractivity contribution in [1.82, 2.24) is 0 Å². The number of ketones is 2. The number of hydrogen-bond donors (Lipinski definition) is 0. The van der Waals surface area contributed by atoms with E-state index >= 15 is 0 Å². The summed E-state index contributed by atoms with van der Waals surface area (Å²) in [5.41, 5.74) is -0.880. The van der Waals surface area contributed by atoms with Gasteiger partial charge in [0.2, 0.25) is 5.70 Å². The molecule has 5 aliphatic carbocycles. The molecule has 5 nitrogen and oxygen atoms in total. The molecule has 5 rings (SSSR count). The van der Waals surface area contributed by atoms with Crippen LogP contribution in [-0.2, 0) is 18.7 Å². The van der Waals surface area contributed by atoms with E-state index in [0.29, 0.717) is 18.8 Å². The molecule has 0 spiro atoms. The topological polar surface area (TPSA) is 64.8 Å². The maximum Gasteiger partial charge on any atom is 0.226 e. The number of rotatable bonds is 3. The maximum atomic E-state index is 14.6. The quantitative estimate of drug-likeness (QED) is 0.260. The first kappa shape index (κ1) is 29.3. The summed E-state index contributed by atoms with van der Waals surface area (Å²) in [5, 5.41) is 0. The molecule has 6 heteroatoms. The van der Waals surface area contributed by atoms with Gasteiger partial charge in [-0.3, -0.25) is 9.36 Å². The molecule has 4 fully saturated rings. The Hall–Kier alpha value is -1.24. The standard InChI is InChI=1S/C33H50NO4P/c1-28(2)13-15-33(20-38-39(9,10)37)16-14-32(7)26(21(33)18-28)23(35)17-25-30(5)19-22(34-8)27(36)29(3,4)24(30)11-12-31(25,32)6/h19,21,24-26H,11-18,20H2,1-7,9-10H3/t21-,24-,25+,26-,30-,31+,32+,33+/m0/s1. The van der Waals surface area contributed by atoms with Gasteiger partial charge in [0.1, 0.15) is 5.78 Å². The SMILES string of the molecule is [C-]#[N+]C1=C[C@]2(C)[C@H]3CC(=O)[C@@H]4[C@@H]5CC(C)(C)CC[C@]5(COP(C)(C)=O)CC[C@@]4(C)[C@]3(C)CC[C@H]2C(C)(C)C1=O. The van der Waals surface area contributed by atoms with Crippen molar-refractivity contribution in [3.05, 3.63) is 23.2 Å². The van der Waals surface area contributed by atoms with Gasteiger partial charge in [0, 0.05) is 31.1 Å². The van der Waals surface area contributed by atoms with Gasteiger partial charge in [0.25, 0.3) is 0 Å². The van der Waals surface area contributed by atoms with Crippen molar-refractivity contribution >= 4 is 18.9 Å². The Morgan fingerprint density at radius 2 is 1.59 bits per heavy atom. The Morgan fingerprint density at radius 1 is 0.949 bits per heavy atom. The van der Waals surface area contributed by atoms with Crippen molar-refractivity contribution in [3.8, 4) is 0 Å². The first-order valence-electron chi connectivity index (χ1n) is 15.1. The van der Waals surface area contributed by atoms with Crippen molar-refractivity contribution in [2.45, 2.75) is 99.8 Å². The number of carbonyl (C=O) groups excluding carboxylic acids is 2. The Balaban J connectivity index is 1.60. The molecule has 216 valence electrons. The molecule has 0 aromatic rings. The van der Waals surface area contributed by atoms with Crippen molar-refractivity contribution in [2.75, 3.05) is 19.9 Å². The summed E-state index contributed by atoms with van der Waals surface area (Å²) in [4.78, 5) is 31.6. The Kier molecular flexibility index (Phi) is 6.48. The van der Waals surface area contributed by atoms with Crippen LogP contribution in [-0.4, -0.2) is 31.5 Å². The molecule has 0 amide bonds. The molecule has 0 aromatic heterocycles. The highest BCUT2D eigenvalue weighted by atomic mass is 31.2. The third-order valence-corrected chi connectivity index (χ3v) is 14.0. The van der Waals surface area contributed by atoms with Crippen molar-refractivity contribution in [2.24, 2.45) is 56.2 Å². The molecule has 0 aliphatic heterocycles. The van der Waals surface area contributed by atoms with E-state index in [1.165, 1.54) is 0 Å². The van der Waals surface area contributed by atoms with Crippen molar-refractivity contribution < 1.29 is 18.7 Å². The Bertz CT molecular complexity index is 1220. The monoisotopic (exact) mass is 555 g/mol. The molecule has 0 N–H and O–H groups in total. The fraction of sp³-hybridized carbons (Fsp3) is 0.848. The van der Waals surface area contributed by atoms with E-state index < -0.39 is 12.8 Å². The van der Waals surface area contributed by atoms with E-state index in [1.54, 1.807) is 13.3 Å². The number of hydrogen-bond acceptors (Lipinski definition) is 4. The smallest absolute Gasteiger partial charge is 0.226 e. The summed E-state index contributed by atoms with van der Waals surface area (Å²) in [6.07, 6.45) is 9.57. The van der Waals surface area contributed by atoms with Crippen LogP contribution >= 0.6 is 7.37 Å².